The van der Waals surface area contributed by atoms with Crippen LogP contribution in [-0.2, 0) is 25.5 Å². The fraction of sp³-hybridized carbons (Fsp3) is 0.556. The van der Waals surface area contributed by atoms with E-state index in [1.165, 1.54) is 5.56 Å². The summed E-state index contributed by atoms with van der Waals surface area (Å²) in [5.41, 5.74) is 2.21. The molecule has 0 bridgehead atoms. The van der Waals surface area contributed by atoms with Crippen LogP contribution in [0.25, 0.3) is 0 Å². The van der Waals surface area contributed by atoms with Gasteiger partial charge in [-0.15, -0.1) is 0 Å². The van der Waals surface area contributed by atoms with E-state index in [1.807, 2.05) is 12.1 Å². The molecule has 1 aromatic rings. The van der Waals surface area contributed by atoms with Gasteiger partial charge in [0.25, 0.3) is 0 Å². The second-order valence-corrected chi connectivity index (χ2v) is 5.21. The van der Waals surface area contributed by atoms with E-state index in [0.29, 0.717) is 13.2 Å². The summed E-state index contributed by atoms with van der Waals surface area (Å²) in [5, 5.41) is 0. The molecule has 122 valence electrons. The van der Waals surface area contributed by atoms with Crippen LogP contribution in [0.5, 0.6) is 0 Å². The standard InChI is InChI=1S/C18H26O4/c1-4-8-14-9-7-10-15(11-14)16(12-17(19)21-5-2)13-18(20)22-6-3/h7,9-11,16H,4-6,8,12-13H2,1-3H3. The average molecular weight is 306 g/mol. The van der Waals surface area contributed by atoms with Gasteiger partial charge in [-0.1, -0.05) is 37.6 Å². The second kappa shape index (κ2) is 9.98. The maximum Gasteiger partial charge on any atom is 0.306 e. The van der Waals surface area contributed by atoms with Gasteiger partial charge >= 0.3 is 11.9 Å². The smallest absolute Gasteiger partial charge is 0.306 e. The number of carbonyl (C=O) groups is 2. The molecular formula is C18H26O4. The van der Waals surface area contributed by atoms with Gasteiger partial charge < -0.3 is 9.47 Å². The Labute approximate surface area is 132 Å². The number of benzene rings is 1. The number of hydrogen-bond acceptors (Lipinski definition) is 4. The normalized spacial score (nSPS) is 10.5. The molecule has 0 atom stereocenters. The van der Waals surface area contributed by atoms with Crippen molar-refractivity contribution in [3.63, 3.8) is 0 Å². The molecule has 0 radical (unpaired) electrons. The van der Waals surface area contributed by atoms with Crippen LogP contribution in [0.1, 0.15) is 57.1 Å². The lowest BCUT2D eigenvalue weighted by Gasteiger charge is -2.17. The first kappa shape index (κ1) is 18.2. The van der Waals surface area contributed by atoms with Crippen LogP contribution in [-0.4, -0.2) is 25.2 Å². The lowest BCUT2D eigenvalue weighted by atomic mass is 9.91. The van der Waals surface area contributed by atoms with Crippen LogP contribution >= 0.6 is 0 Å². The fourth-order valence-electron chi connectivity index (χ4n) is 2.44. The van der Waals surface area contributed by atoms with E-state index in [1.54, 1.807) is 13.8 Å². The van der Waals surface area contributed by atoms with Crippen molar-refractivity contribution in [3.8, 4) is 0 Å². The highest BCUT2D eigenvalue weighted by Crippen LogP contribution is 2.26. The molecule has 4 heteroatoms. The molecule has 0 aliphatic heterocycles. The van der Waals surface area contributed by atoms with E-state index >= 15 is 0 Å². The first-order valence-corrected chi connectivity index (χ1v) is 8.00. The molecular weight excluding hydrogens is 280 g/mol. The number of aryl methyl sites for hydroxylation is 1. The van der Waals surface area contributed by atoms with E-state index in [9.17, 15) is 9.59 Å². The van der Waals surface area contributed by atoms with Gasteiger partial charge in [0, 0.05) is 5.92 Å². The minimum atomic E-state index is -0.280. The molecule has 0 N–H and O–H groups in total. The van der Waals surface area contributed by atoms with Gasteiger partial charge in [-0.25, -0.2) is 0 Å². The van der Waals surface area contributed by atoms with Crippen LogP contribution < -0.4 is 0 Å². The third kappa shape index (κ3) is 6.29. The number of esters is 2. The molecule has 0 saturated carbocycles. The van der Waals surface area contributed by atoms with Gasteiger partial charge in [0.2, 0.25) is 0 Å². The Morgan fingerprint density at radius 1 is 1.00 bits per heavy atom. The Bertz CT molecular complexity index is 462. The molecule has 1 rings (SSSR count). The van der Waals surface area contributed by atoms with Gasteiger partial charge in [0.15, 0.2) is 0 Å². The molecule has 0 heterocycles. The summed E-state index contributed by atoms with van der Waals surface area (Å²) in [6.07, 6.45) is 2.44. The van der Waals surface area contributed by atoms with Crippen molar-refractivity contribution >= 4 is 11.9 Å². The fourth-order valence-corrected chi connectivity index (χ4v) is 2.44. The van der Waals surface area contributed by atoms with E-state index < -0.39 is 0 Å². The zero-order valence-electron chi connectivity index (χ0n) is 13.8. The van der Waals surface area contributed by atoms with Crippen LogP contribution in [0.4, 0.5) is 0 Å². The van der Waals surface area contributed by atoms with Crippen molar-refractivity contribution in [3.05, 3.63) is 35.4 Å². The van der Waals surface area contributed by atoms with Crippen LogP contribution in [0.15, 0.2) is 24.3 Å². The Morgan fingerprint density at radius 3 is 2.09 bits per heavy atom. The largest absolute Gasteiger partial charge is 0.466 e. The van der Waals surface area contributed by atoms with Crippen LogP contribution in [0.2, 0.25) is 0 Å². The molecule has 0 spiro atoms. The summed E-state index contributed by atoms with van der Waals surface area (Å²) in [7, 11) is 0. The highest BCUT2D eigenvalue weighted by molar-refractivity contribution is 5.74. The summed E-state index contributed by atoms with van der Waals surface area (Å²) in [6, 6.07) is 8.08. The van der Waals surface area contributed by atoms with Gasteiger partial charge in [-0.2, -0.15) is 0 Å². The molecule has 0 fully saturated rings. The van der Waals surface area contributed by atoms with Gasteiger partial charge in [-0.3, -0.25) is 9.59 Å². The minimum absolute atomic E-state index is 0.197. The quantitative estimate of drug-likeness (QED) is 0.654. The monoisotopic (exact) mass is 306 g/mol. The van der Waals surface area contributed by atoms with Gasteiger partial charge in [0.1, 0.15) is 0 Å². The molecule has 22 heavy (non-hydrogen) atoms. The lowest BCUT2D eigenvalue weighted by Crippen LogP contribution is -2.16. The maximum atomic E-state index is 11.8. The first-order chi connectivity index (χ1) is 10.6. The summed E-state index contributed by atoms with van der Waals surface area (Å²) in [5.74, 6) is -0.759. The molecule has 0 aliphatic carbocycles. The molecule has 0 unspecified atom stereocenters. The predicted octanol–water partition coefficient (Wildman–Crippen LogP) is 3.63. The third-order valence-electron chi connectivity index (χ3n) is 3.40. The Kier molecular flexibility index (Phi) is 8.26. The second-order valence-electron chi connectivity index (χ2n) is 5.21. The minimum Gasteiger partial charge on any atom is -0.466 e. The van der Waals surface area contributed by atoms with Crippen molar-refractivity contribution < 1.29 is 19.1 Å². The molecule has 0 aliphatic rings. The van der Waals surface area contributed by atoms with Crippen LogP contribution in [0.3, 0.4) is 0 Å². The van der Waals surface area contributed by atoms with Crippen molar-refractivity contribution in [1.82, 2.24) is 0 Å². The molecule has 4 nitrogen and oxygen atoms in total. The zero-order valence-corrected chi connectivity index (χ0v) is 13.8. The van der Waals surface area contributed by atoms with Crippen molar-refractivity contribution in [1.29, 1.82) is 0 Å². The Balaban J connectivity index is 2.89. The number of ether oxygens (including phenoxy) is 2. The van der Waals surface area contributed by atoms with Crippen molar-refractivity contribution in [2.24, 2.45) is 0 Å². The van der Waals surface area contributed by atoms with E-state index in [2.05, 4.69) is 19.1 Å². The predicted molar refractivity (Wildman–Crippen MR) is 85.7 cm³/mol. The van der Waals surface area contributed by atoms with Crippen molar-refractivity contribution in [2.45, 2.75) is 52.4 Å². The number of hydrogen-bond donors (Lipinski definition) is 0. The van der Waals surface area contributed by atoms with Gasteiger partial charge in [-0.05, 0) is 31.4 Å². The topological polar surface area (TPSA) is 52.6 Å². The Morgan fingerprint density at radius 2 is 1.59 bits per heavy atom. The first-order valence-electron chi connectivity index (χ1n) is 8.00. The third-order valence-corrected chi connectivity index (χ3v) is 3.40. The molecule has 0 amide bonds. The van der Waals surface area contributed by atoms with Gasteiger partial charge in [0.05, 0.1) is 26.1 Å². The summed E-state index contributed by atoms with van der Waals surface area (Å²) in [4.78, 5) is 23.6. The SMILES string of the molecule is CCCc1cccc(C(CC(=O)OCC)CC(=O)OCC)c1. The van der Waals surface area contributed by atoms with E-state index in [4.69, 9.17) is 9.47 Å². The summed E-state index contributed by atoms with van der Waals surface area (Å²) >= 11 is 0. The van der Waals surface area contributed by atoms with Crippen molar-refractivity contribution in [2.75, 3.05) is 13.2 Å². The maximum absolute atomic E-state index is 11.8. The highest BCUT2D eigenvalue weighted by atomic mass is 16.5. The number of rotatable bonds is 9. The molecule has 1 aromatic carbocycles. The van der Waals surface area contributed by atoms with Crippen LogP contribution in [0, 0.1) is 0 Å². The summed E-state index contributed by atoms with van der Waals surface area (Å²) < 4.78 is 10.0. The van der Waals surface area contributed by atoms with E-state index in [-0.39, 0.29) is 30.7 Å². The number of carbonyl (C=O) groups excluding carboxylic acids is 2. The average Bonchev–Trinajstić information content (AvgIpc) is 2.48. The molecule has 0 aromatic heterocycles. The molecule has 0 saturated heterocycles. The zero-order chi connectivity index (χ0) is 16.4. The lowest BCUT2D eigenvalue weighted by molar-refractivity contribution is -0.145. The highest BCUT2D eigenvalue weighted by Gasteiger charge is 2.21. The van der Waals surface area contributed by atoms with E-state index in [0.717, 1.165) is 18.4 Å². The summed E-state index contributed by atoms with van der Waals surface area (Å²) in [6.45, 7) is 6.38. The Hall–Kier alpha value is -1.84.